The molecule has 1 heterocycles. The van der Waals surface area contributed by atoms with Gasteiger partial charge in [-0.1, -0.05) is 12.1 Å². The monoisotopic (exact) mass is 249 g/mol. The number of methoxy groups -OCH3 is 2. The number of benzene rings is 1. The van der Waals surface area contributed by atoms with Crippen LogP contribution in [0.25, 0.3) is 0 Å². The maximum Gasteiger partial charge on any atom is 0.310 e. The van der Waals surface area contributed by atoms with E-state index < -0.39 is 0 Å². The third-order valence-electron chi connectivity index (χ3n) is 3.53. The van der Waals surface area contributed by atoms with Crippen molar-refractivity contribution in [1.82, 2.24) is 4.90 Å². The van der Waals surface area contributed by atoms with E-state index in [2.05, 4.69) is 4.90 Å². The Labute approximate surface area is 107 Å². The van der Waals surface area contributed by atoms with Gasteiger partial charge in [0, 0.05) is 19.0 Å². The Morgan fingerprint density at radius 1 is 1.33 bits per heavy atom. The lowest BCUT2D eigenvalue weighted by Gasteiger charge is -2.17. The highest BCUT2D eigenvalue weighted by atomic mass is 16.5. The third-order valence-corrected chi connectivity index (χ3v) is 3.53. The molecule has 2 rings (SSSR count). The Bertz CT molecular complexity index is 433. The maximum absolute atomic E-state index is 11.8. The number of likely N-dealkylation sites (tertiary alicyclic amines) is 1. The molecule has 1 aromatic rings. The predicted molar refractivity (Wildman–Crippen MR) is 68.7 cm³/mol. The van der Waals surface area contributed by atoms with Gasteiger partial charge in [0.25, 0.3) is 0 Å². The molecular formula is C14H19NO3. The van der Waals surface area contributed by atoms with Crippen molar-refractivity contribution in [3.05, 3.63) is 29.8 Å². The van der Waals surface area contributed by atoms with Crippen LogP contribution >= 0.6 is 0 Å². The van der Waals surface area contributed by atoms with Gasteiger partial charge in [0.05, 0.1) is 20.1 Å². The second-order valence-electron chi connectivity index (χ2n) is 4.73. The minimum atomic E-state index is -0.132. The first kappa shape index (κ1) is 12.9. The van der Waals surface area contributed by atoms with E-state index in [1.165, 1.54) is 7.11 Å². The van der Waals surface area contributed by atoms with Gasteiger partial charge in [-0.2, -0.15) is 0 Å². The smallest absolute Gasteiger partial charge is 0.310 e. The van der Waals surface area contributed by atoms with Crippen molar-refractivity contribution in [1.29, 1.82) is 0 Å². The topological polar surface area (TPSA) is 38.8 Å². The molecule has 1 aliphatic heterocycles. The van der Waals surface area contributed by atoms with Crippen molar-refractivity contribution in [2.75, 3.05) is 34.4 Å². The molecule has 4 nitrogen and oxygen atoms in total. The summed E-state index contributed by atoms with van der Waals surface area (Å²) in [6.45, 7) is 1.61. The molecule has 0 bridgehead atoms. The van der Waals surface area contributed by atoms with Gasteiger partial charge >= 0.3 is 5.97 Å². The Kier molecular flexibility index (Phi) is 3.87. The van der Waals surface area contributed by atoms with Gasteiger partial charge in [0.15, 0.2) is 0 Å². The first-order valence-electron chi connectivity index (χ1n) is 6.06. The van der Waals surface area contributed by atoms with Gasteiger partial charge in [-0.05, 0) is 24.7 Å². The molecule has 98 valence electrons. The van der Waals surface area contributed by atoms with E-state index in [4.69, 9.17) is 9.47 Å². The highest BCUT2D eigenvalue weighted by Gasteiger charge is 2.37. The number of hydrogen-bond donors (Lipinski definition) is 0. The van der Waals surface area contributed by atoms with E-state index in [9.17, 15) is 4.79 Å². The summed E-state index contributed by atoms with van der Waals surface area (Å²) in [6.07, 6.45) is 0. The van der Waals surface area contributed by atoms with Crippen LogP contribution in [0.3, 0.4) is 0 Å². The van der Waals surface area contributed by atoms with Gasteiger partial charge in [0.1, 0.15) is 5.75 Å². The minimum absolute atomic E-state index is 0.0906. The molecule has 0 spiro atoms. The fraction of sp³-hybridized carbons (Fsp3) is 0.500. The Morgan fingerprint density at radius 2 is 2.11 bits per heavy atom. The number of ether oxygens (including phenoxy) is 2. The quantitative estimate of drug-likeness (QED) is 0.761. The first-order valence-corrected chi connectivity index (χ1v) is 6.06. The van der Waals surface area contributed by atoms with Crippen molar-refractivity contribution < 1.29 is 14.3 Å². The number of rotatable bonds is 3. The molecule has 0 aliphatic carbocycles. The molecule has 1 aliphatic rings. The molecule has 1 fully saturated rings. The fourth-order valence-electron chi connectivity index (χ4n) is 2.60. The normalized spacial score (nSPS) is 23.9. The Hall–Kier alpha value is -1.55. The standard InChI is InChI=1S/C14H19NO3/c1-15-8-12(13(9-15)14(16)18-3)10-5-4-6-11(7-10)17-2/h4-7,12-13H,8-9H2,1-3H3/t12-,13+/m1/s1. The Morgan fingerprint density at radius 3 is 2.78 bits per heavy atom. The second kappa shape index (κ2) is 5.40. The average molecular weight is 249 g/mol. The summed E-state index contributed by atoms with van der Waals surface area (Å²) >= 11 is 0. The number of esters is 1. The summed E-state index contributed by atoms with van der Waals surface area (Å²) in [4.78, 5) is 14.0. The van der Waals surface area contributed by atoms with Crippen LogP contribution in [0.15, 0.2) is 24.3 Å². The lowest BCUT2D eigenvalue weighted by Crippen LogP contribution is -2.23. The molecule has 0 aromatic heterocycles. The fourth-order valence-corrected chi connectivity index (χ4v) is 2.60. The highest BCUT2D eigenvalue weighted by molar-refractivity contribution is 5.74. The molecule has 4 heteroatoms. The molecule has 0 radical (unpaired) electrons. The third kappa shape index (κ3) is 2.48. The summed E-state index contributed by atoms with van der Waals surface area (Å²) in [6, 6.07) is 7.91. The number of carbonyl (C=O) groups is 1. The van der Waals surface area contributed by atoms with Crippen LogP contribution in [0.1, 0.15) is 11.5 Å². The van der Waals surface area contributed by atoms with Crippen LogP contribution in [0.5, 0.6) is 5.75 Å². The number of carbonyl (C=O) groups excluding carboxylic acids is 1. The van der Waals surface area contributed by atoms with Gasteiger partial charge < -0.3 is 14.4 Å². The summed E-state index contributed by atoms with van der Waals surface area (Å²) in [5, 5.41) is 0. The van der Waals surface area contributed by atoms with Crippen molar-refractivity contribution >= 4 is 5.97 Å². The van der Waals surface area contributed by atoms with E-state index in [1.807, 2.05) is 31.3 Å². The summed E-state index contributed by atoms with van der Waals surface area (Å²) in [5.41, 5.74) is 1.13. The number of hydrogen-bond acceptors (Lipinski definition) is 4. The zero-order chi connectivity index (χ0) is 13.1. The molecule has 2 atom stereocenters. The number of likely N-dealkylation sites (N-methyl/N-ethyl adjacent to an activating group) is 1. The van der Waals surface area contributed by atoms with Crippen molar-refractivity contribution in [2.45, 2.75) is 5.92 Å². The van der Waals surface area contributed by atoms with Crippen LogP contribution < -0.4 is 4.74 Å². The van der Waals surface area contributed by atoms with Gasteiger partial charge in [-0.3, -0.25) is 4.79 Å². The summed E-state index contributed by atoms with van der Waals surface area (Å²) < 4.78 is 10.1. The van der Waals surface area contributed by atoms with Crippen molar-refractivity contribution in [3.8, 4) is 5.75 Å². The molecule has 0 unspecified atom stereocenters. The van der Waals surface area contributed by atoms with Gasteiger partial charge in [-0.25, -0.2) is 0 Å². The largest absolute Gasteiger partial charge is 0.497 e. The van der Waals surface area contributed by atoms with E-state index in [1.54, 1.807) is 7.11 Å². The van der Waals surface area contributed by atoms with E-state index in [0.29, 0.717) is 0 Å². The average Bonchev–Trinajstić information content (AvgIpc) is 2.80. The van der Waals surface area contributed by atoms with Crippen LogP contribution in [0.2, 0.25) is 0 Å². The minimum Gasteiger partial charge on any atom is -0.497 e. The molecule has 18 heavy (non-hydrogen) atoms. The van der Waals surface area contributed by atoms with Crippen molar-refractivity contribution in [3.63, 3.8) is 0 Å². The summed E-state index contributed by atoms with van der Waals surface area (Å²) in [5.74, 6) is 0.780. The second-order valence-corrected chi connectivity index (χ2v) is 4.73. The van der Waals surface area contributed by atoms with Crippen LogP contribution in [0, 0.1) is 5.92 Å². The van der Waals surface area contributed by atoms with Gasteiger partial charge in [-0.15, -0.1) is 0 Å². The molecule has 0 saturated carbocycles. The molecule has 0 amide bonds. The maximum atomic E-state index is 11.8. The van der Waals surface area contributed by atoms with Crippen LogP contribution in [0.4, 0.5) is 0 Å². The van der Waals surface area contributed by atoms with Crippen LogP contribution in [-0.4, -0.2) is 45.2 Å². The molecular weight excluding hydrogens is 230 g/mol. The highest BCUT2D eigenvalue weighted by Crippen LogP contribution is 2.34. The Balaban J connectivity index is 2.26. The van der Waals surface area contributed by atoms with E-state index in [0.717, 1.165) is 24.4 Å². The lowest BCUT2D eigenvalue weighted by molar-refractivity contribution is -0.145. The summed E-state index contributed by atoms with van der Waals surface area (Å²) in [7, 11) is 5.12. The molecule has 0 N–H and O–H groups in total. The first-order chi connectivity index (χ1) is 8.65. The lowest BCUT2D eigenvalue weighted by atomic mass is 9.89. The SMILES string of the molecule is COC(=O)[C@H]1CN(C)C[C@@H]1c1cccc(OC)c1. The number of nitrogens with zero attached hydrogens (tertiary/aromatic N) is 1. The van der Waals surface area contributed by atoms with Gasteiger partial charge in [0.2, 0.25) is 0 Å². The van der Waals surface area contributed by atoms with E-state index in [-0.39, 0.29) is 17.8 Å². The predicted octanol–water partition coefficient (Wildman–Crippen LogP) is 1.51. The zero-order valence-corrected chi connectivity index (χ0v) is 11.1. The van der Waals surface area contributed by atoms with Crippen LogP contribution in [-0.2, 0) is 9.53 Å². The van der Waals surface area contributed by atoms with E-state index >= 15 is 0 Å². The molecule has 1 aromatic carbocycles. The van der Waals surface area contributed by atoms with Crippen molar-refractivity contribution in [2.24, 2.45) is 5.92 Å². The zero-order valence-electron chi connectivity index (χ0n) is 11.1. The molecule has 1 saturated heterocycles.